The summed E-state index contributed by atoms with van der Waals surface area (Å²) < 4.78 is 0. The van der Waals surface area contributed by atoms with E-state index in [-0.39, 0.29) is 0 Å². The van der Waals surface area contributed by atoms with Crippen LogP contribution in [0.1, 0.15) is 58.8 Å². The third-order valence-electron chi connectivity index (χ3n) is 3.78. The quantitative estimate of drug-likeness (QED) is 0.535. The van der Waals surface area contributed by atoms with Gasteiger partial charge in [0.1, 0.15) is 0 Å². The van der Waals surface area contributed by atoms with Gasteiger partial charge in [0.2, 0.25) is 0 Å². The summed E-state index contributed by atoms with van der Waals surface area (Å²) in [5, 5.41) is 3.63. The third-order valence-corrected chi connectivity index (χ3v) is 3.78. The van der Waals surface area contributed by atoms with E-state index in [1.165, 1.54) is 44.1 Å². The minimum absolute atomic E-state index is 0.673. The molecule has 1 N–H and O–H groups in total. The van der Waals surface area contributed by atoms with Gasteiger partial charge >= 0.3 is 0 Å². The van der Waals surface area contributed by atoms with E-state index in [9.17, 15) is 0 Å². The molecule has 0 aliphatic heterocycles. The molecule has 0 aromatic carbocycles. The zero-order valence-electron chi connectivity index (χ0n) is 10.5. The van der Waals surface area contributed by atoms with Gasteiger partial charge < -0.3 is 5.32 Å². The Morgan fingerprint density at radius 3 is 2.40 bits per heavy atom. The first-order chi connectivity index (χ1) is 7.24. The Bertz CT molecular complexity index is 178. The summed E-state index contributed by atoms with van der Waals surface area (Å²) in [4.78, 5) is 0. The minimum atomic E-state index is 0.673. The lowest BCUT2D eigenvalue weighted by atomic mass is 9.93. The van der Waals surface area contributed by atoms with Crippen molar-refractivity contribution < 1.29 is 0 Å². The standard InChI is InChI=1S/C14H27N/c1-4-12(2)11-15-13(3)14-9-7-5-6-8-10-14/h13-15H,2,4-11H2,1,3H3/t13-/m1/s1. The van der Waals surface area contributed by atoms with Gasteiger partial charge in [-0.25, -0.2) is 0 Å². The van der Waals surface area contributed by atoms with Crippen LogP contribution in [0.2, 0.25) is 0 Å². The molecule has 1 fully saturated rings. The highest BCUT2D eigenvalue weighted by molar-refractivity contribution is 4.96. The van der Waals surface area contributed by atoms with Crippen molar-refractivity contribution >= 4 is 0 Å². The van der Waals surface area contributed by atoms with Crippen molar-refractivity contribution in [1.82, 2.24) is 5.32 Å². The Morgan fingerprint density at radius 2 is 1.87 bits per heavy atom. The highest BCUT2D eigenvalue weighted by Crippen LogP contribution is 2.25. The first kappa shape index (κ1) is 12.8. The van der Waals surface area contributed by atoms with Gasteiger partial charge in [0.05, 0.1) is 0 Å². The Kier molecular flexibility index (Phi) is 6.00. The highest BCUT2D eigenvalue weighted by atomic mass is 14.9. The van der Waals surface area contributed by atoms with Gasteiger partial charge in [-0.3, -0.25) is 0 Å². The van der Waals surface area contributed by atoms with Gasteiger partial charge in [-0.2, -0.15) is 0 Å². The van der Waals surface area contributed by atoms with Gasteiger partial charge in [-0.1, -0.05) is 44.8 Å². The second kappa shape index (κ2) is 7.05. The lowest BCUT2D eigenvalue weighted by Gasteiger charge is -2.24. The maximum Gasteiger partial charge on any atom is 0.0164 e. The molecule has 0 aromatic heterocycles. The average molecular weight is 209 g/mol. The maximum absolute atomic E-state index is 4.05. The molecule has 1 heteroatoms. The molecule has 88 valence electrons. The zero-order chi connectivity index (χ0) is 11.1. The van der Waals surface area contributed by atoms with E-state index in [0.717, 1.165) is 18.9 Å². The topological polar surface area (TPSA) is 12.0 Å². The van der Waals surface area contributed by atoms with Crippen molar-refractivity contribution in [2.45, 2.75) is 64.8 Å². The summed E-state index contributed by atoms with van der Waals surface area (Å²) in [5.74, 6) is 0.900. The normalized spacial score (nSPS) is 20.9. The van der Waals surface area contributed by atoms with Crippen LogP contribution in [0, 0.1) is 5.92 Å². The van der Waals surface area contributed by atoms with Crippen molar-refractivity contribution in [3.63, 3.8) is 0 Å². The molecule has 1 atom stereocenters. The smallest absolute Gasteiger partial charge is 0.0164 e. The molecule has 1 aliphatic rings. The molecule has 0 radical (unpaired) electrons. The van der Waals surface area contributed by atoms with E-state index >= 15 is 0 Å². The fourth-order valence-corrected chi connectivity index (χ4v) is 2.41. The minimum Gasteiger partial charge on any atom is -0.310 e. The molecule has 0 aromatic rings. The lowest BCUT2D eigenvalue weighted by Crippen LogP contribution is -2.34. The van der Waals surface area contributed by atoms with Crippen LogP contribution in [-0.4, -0.2) is 12.6 Å². The summed E-state index contributed by atoms with van der Waals surface area (Å²) in [7, 11) is 0. The number of nitrogens with one attached hydrogen (secondary N) is 1. The molecule has 0 bridgehead atoms. The molecular formula is C14H27N. The first-order valence-corrected chi connectivity index (χ1v) is 6.64. The second-order valence-electron chi connectivity index (χ2n) is 5.02. The predicted octanol–water partition coefficient (Wildman–Crippen LogP) is 3.90. The third kappa shape index (κ3) is 4.83. The van der Waals surface area contributed by atoms with E-state index < -0.39 is 0 Å². The number of hydrogen-bond acceptors (Lipinski definition) is 1. The molecule has 15 heavy (non-hydrogen) atoms. The van der Waals surface area contributed by atoms with E-state index in [4.69, 9.17) is 0 Å². The lowest BCUT2D eigenvalue weighted by molar-refractivity contribution is 0.344. The molecule has 1 rings (SSSR count). The van der Waals surface area contributed by atoms with Crippen LogP contribution in [0.3, 0.4) is 0 Å². The summed E-state index contributed by atoms with van der Waals surface area (Å²) in [6, 6.07) is 0.673. The van der Waals surface area contributed by atoms with Crippen molar-refractivity contribution in [2.24, 2.45) is 5.92 Å². The predicted molar refractivity (Wildman–Crippen MR) is 68.1 cm³/mol. The summed E-state index contributed by atoms with van der Waals surface area (Å²) in [6.45, 7) is 9.58. The van der Waals surface area contributed by atoms with E-state index in [0.29, 0.717) is 6.04 Å². The monoisotopic (exact) mass is 209 g/mol. The fraction of sp³-hybridized carbons (Fsp3) is 0.857. The number of rotatable bonds is 5. The molecule has 0 saturated heterocycles. The molecule has 0 amide bonds. The van der Waals surface area contributed by atoms with Crippen molar-refractivity contribution in [3.8, 4) is 0 Å². The molecular weight excluding hydrogens is 182 g/mol. The van der Waals surface area contributed by atoms with E-state index in [2.05, 4.69) is 25.7 Å². The van der Waals surface area contributed by atoms with Crippen molar-refractivity contribution in [1.29, 1.82) is 0 Å². The van der Waals surface area contributed by atoms with Gasteiger partial charge in [0.25, 0.3) is 0 Å². The molecule has 0 spiro atoms. The molecule has 0 unspecified atom stereocenters. The van der Waals surface area contributed by atoms with Crippen LogP contribution in [0.25, 0.3) is 0 Å². The first-order valence-electron chi connectivity index (χ1n) is 6.64. The molecule has 1 aliphatic carbocycles. The Labute approximate surface area is 95.3 Å². The van der Waals surface area contributed by atoms with Gasteiger partial charge in [0, 0.05) is 12.6 Å². The maximum atomic E-state index is 4.05. The molecule has 1 nitrogen and oxygen atoms in total. The fourth-order valence-electron chi connectivity index (χ4n) is 2.41. The van der Waals surface area contributed by atoms with E-state index in [1.807, 2.05) is 0 Å². The van der Waals surface area contributed by atoms with Crippen LogP contribution in [0.15, 0.2) is 12.2 Å². The average Bonchev–Trinajstić information content (AvgIpc) is 2.53. The van der Waals surface area contributed by atoms with Gasteiger partial charge in [-0.15, -0.1) is 0 Å². The van der Waals surface area contributed by atoms with Gasteiger partial charge in [-0.05, 0) is 32.1 Å². The summed E-state index contributed by atoms with van der Waals surface area (Å²) in [5.41, 5.74) is 1.33. The largest absolute Gasteiger partial charge is 0.310 e. The van der Waals surface area contributed by atoms with Crippen LogP contribution in [0.4, 0.5) is 0 Å². The molecule has 1 saturated carbocycles. The molecule has 0 heterocycles. The zero-order valence-corrected chi connectivity index (χ0v) is 10.5. The number of hydrogen-bond donors (Lipinski definition) is 1. The Balaban J connectivity index is 2.24. The SMILES string of the molecule is C=C(CC)CN[C@H](C)C1CCCCCC1. The summed E-state index contributed by atoms with van der Waals surface area (Å²) >= 11 is 0. The van der Waals surface area contributed by atoms with Crippen LogP contribution in [-0.2, 0) is 0 Å². The van der Waals surface area contributed by atoms with Crippen LogP contribution >= 0.6 is 0 Å². The van der Waals surface area contributed by atoms with Gasteiger partial charge in [0.15, 0.2) is 0 Å². The highest BCUT2D eigenvalue weighted by Gasteiger charge is 2.18. The van der Waals surface area contributed by atoms with Crippen molar-refractivity contribution in [2.75, 3.05) is 6.54 Å². The Morgan fingerprint density at radius 1 is 1.27 bits per heavy atom. The van der Waals surface area contributed by atoms with Crippen molar-refractivity contribution in [3.05, 3.63) is 12.2 Å². The summed E-state index contributed by atoms with van der Waals surface area (Å²) in [6.07, 6.45) is 9.72. The second-order valence-corrected chi connectivity index (χ2v) is 5.02. The van der Waals surface area contributed by atoms with Crippen LogP contribution in [0.5, 0.6) is 0 Å². The van der Waals surface area contributed by atoms with Crippen LogP contribution < -0.4 is 5.32 Å². The Hall–Kier alpha value is -0.300. The van der Waals surface area contributed by atoms with E-state index in [1.54, 1.807) is 0 Å².